The number of imide groups is 1. The zero-order valence-electron chi connectivity index (χ0n) is 21.5. The summed E-state index contributed by atoms with van der Waals surface area (Å²) in [5.74, 6) is -0.721. The maximum atomic E-state index is 13.1. The molecular formula is C27H27BrN2O7S2. The molecule has 0 bridgehead atoms. The van der Waals surface area contributed by atoms with E-state index in [2.05, 4.69) is 27.8 Å². The van der Waals surface area contributed by atoms with Crippen LogP contribution in [0.15, 0.2) is 34.2 Å². The normalized spacial score (nSPS) is 15.8. The van der Waals surface area contributed by atoms with Crippen molar-refractivity contribution in [1.29, 1.82) is 0 Å². The van der Waals surface area contributed by atoms with Gasteiger partial charge in [-0.1, -0.05) is 12.7 Å². The third-order valence-electron chi connectivity index (χ3n) is 5.97. The van der Waals surface area contributed by atoms with Gasteiger partial charge in [0.25, 0.3) is 11.1 Å². The second-order valence-corrected chi connectivity index (χ2v) is 11.5. The highest BCUT2D eigenvalue weighted by Gasteiger charge is 2.37. The molecule has 0 unspecified atom stereocenters. The minimum atomic E-state index is -0.585. The predicted molar refractivity (Wildman–Crippen MR) is 155 cm³/mol. The number of carbonyl (C=O) groups excluding carboxylic acids is 4. The van der Waals surface area contributed by atoms with Crippen molar-refractivity contribution in [3.8, 4) is 11.5 Å². The summed E-state index contributed by atoms with van der Waals surface area (Å²) >= 11 is 5.54. The van der Waals surface area contributed by atoms with Crippen LogP contribution in [0.1, 0.15) is 46.1 Å². The highest BCUT2D eigenvalue weighted by Crippen LogP contribution is 2.40. The number of esters is 1. The number of anilines is 1. The minimum absolute atomic E-state index is 0.167. The van der Waals surface area contributed by atoms with E-state index in [1.54, 1.807) is 31.2 Å². The van der Waals surface area contributed by atoms with Gasteiger partial charge in [-0.05, 0) is 89.6 Å². The van der Waals surface area contributed by atoms with Crippen LogP contribution in [0.2, 0.25) is 0 Å². The van der Waals surface area contributed by atoms with Crippen molar-refractivity contribution >= 4 is 73.1 Å². The Morgan fingerprint density at radius 3 is 2.72 bits per heavy atom. The predicted octanol–water partition coefficient (Wildman–Crippen LogP) is 5.81. The first-order chi connectivity index (χ1) is 18.8. The molecule has 1 aliphatic carbocycles. The van der Waals surface area contributed by atoms with Crippen LogP contribution in [0.3, 0.4) is 0 Å². The topological polar surface area (TPSA) is 111 Å². The van der Waals surface area contributed by atoms with E-state index in [1.165, 1.54) is 18.4 Å². The fourth-order valence-electron chi connectivity index (χ4n) is 4.28. The van der Waals surface area contributed by atoms with Crippen molar-refractivity contribution in [3.05, 3.63) is 55.7 Å². The van der Waals surface area contributed by atoms with Gasteiger partial charge in [-0.3, -0.25) is 19.3 Å². The molecule has 0 spiro atoms. The lowest BCUT2D eigenvalue weighted by Crippen LogP contribution is -2.36. The molecule has 206 valence electrons. The third-order valence-corrected chi connectivity index (χ3v) is 8.68. The Morgan fingerprint density at radius 1 is 1.23 bits per heavy atom. The number of nitrogens with one attached hydrogen (secondary N) is 1. The lowest BCUT2D eigenvalue weighted by atomic mass is 9.95. The van der Waals surface area contributed by atoms with Gasteiger partial charge in [-0.15, -0.1) is 11.3 Å². The summed E-state index contributed by atoms with van der Waals surface area (Å²) in [4.78, 5) is 53.4. The highest BCUT2D eigenvalue weighted by atomic mass is 79.9. The van der Waals surface area contributed by atoms with Crippen LogP contribution in [0, 0.1) is 0 Å². The molecule has 1 N–H and O–H groups in total. The Hall–Kier alpha value is -3.09. The molecule has 4 rings (SSSR count). The molecule has 0 saturated carbocycles. The highest BCUT2D eigenvalue weighted by molar-refractivity contribution is 9.10. The van der Waals surface area contributed by atoms with Gasteiger partial charge in [-0.2, -0.15) is 0 Å². The molecule has 9 nitrogen and oxygen atoms in total. The van der Waals surface area contributed by atoms with Crippen molar-refractivity contribution in [2.75, 3.05) is 32.2 Å². The molecule has 0 radical (unpaired) electrons. The Labute approximate surface area is 242 Å². The van der Waals surface area contributed by atoms with E-state index in [0.29, 0.717) is 32.1 Å². The number of amides is 3. The molecule has 1 fully saturated rings. The van der Waals surface area contributed by atoms with E-state index in [9.17, 15) is 19.2 Å². The van der Waals surface area contributed by atoms with Crippen molar-refractivity contribution in [1.82, 2.24) is 4.90 Å². The molecule has 12 heteroatoms. The van der Waals surface area contributed by atoms with Crippen LogP contribution in [0.5, 0.6) is 11.5 Å². The number of rotatable bonds is 10. The van der Waals surface area contributed by atoms with E-state index in [-0.39, 0.29) is 18.1 Å². The van der Waals surface area contributed by atoms with Crippen molar-refractivity contribution in [3.63, 3.8) is 0 Å². The van der Waals surface area contributed by atoms with Gasteiger partial charge in [0, 0.05) is 4.88 Å². The van der Waals surface area contributed by atoms with Gasteiger partial charge < -0.3 is 19.5 Å². The van der Waals surface area contributed by atoms with Crippen LogP contribution in [-0.2, 0) is 27.2 Å². The summed E-state index contributed by atoms with van der Waals surface area (Å²) in [5, 5.41) is 2.58. The summed E-state index contributed by atoms with van der Waals surface area (Å²) in [7, 11) is 1.50. The Bertz CT molecular complexity index is 1370. The third kappa shape index (κ3) is 6.39. The van der Waals surface area contributed by atoms with E-state index < -0.39 is 29.6 Å². The summed E-state index contributed by atoms with van der Waals surface area (Å²) in [6.07, 6.45) is 6.71. The number of thioether (sulfide) groups is 1. The lowest BCUT2D eigenvalue weighted by molar-refractivity contribution is -0.127. The summed E-state index contributed by atoms with van der Waals surface area (Å²) in [6, 6.07) is 3.41. The number of hydrogen-bond acceptors (Lipinski definition) is 9. The number of methoxy groups -OCH3 is 1. The number of fused-ring (bicyclic) bond motifs is 1. The van der Waals surface area contributed by atoms with Crippen LogP contribution in [0.4, 0.5) is 9.80 Å². The van der Waals surface area contributed by atoms with Gasteiger partial charge in [0.2, 0.25) is 5.91 Å². The summed E-state index contributed by atoms with van der Waals surface area (Å²) in [6.45, 7) is 5.38. The second-order valence-electron chi connectivity index (χ2n) is 8.59. The van der Waals surface area contributed by atoms with Crippen LogP contribution in [0.25, 0.3) is 6.08 Å². The number of hydrogen-bond donors (Lipinski definition) is 1. The fourth-order valence-corrected chi connectivity index (χ4v) is 6.98. The number of carbonyl (C=O) groups is 4. The van der Waals surface area contributed by atoms with Crippen molar-refractivity contribution < 1.29 is 33.4 Å². The maximum Gasteiger partial charge on any atom is 0.341 e. The van der Waals surface area contributed by atoms with Gasteiger partial charge in [0.1, 0.15) is 18.2 Å². The molecule has 1 aromatic heterocycles. The first-order valence-corrected chi connectivity index (χ1v) is 14.7. The molecular weight excluding hydrogens is 608 g/mol. The molecule has 2 aliphatic rings. The minimum Gasteiger partial charge on any atom is -0.493 e. The van der Waals surface area contributed by atoms with Crippen molar-refractivity contribution in [2.45, 2.75) is 32.6 Å². The first-order valence-electron chi connectivity index (χ1n) is 12.2. The standard InChI is InChI=1S/C27H27BrN2O7S2/c1-4-10-37-23-17(28)11-15(12-18(23)35-3)13-20-25(32)30(27(34)39-20)14-21(31)29-24-22(26(33)36-5-2)16-8-6-7-9-19(16)38-24/h4,11-13H,1,5-10,14H2,2-3H3,(H,29,31)/b20-13+. The number of halogens is 1. The second kappa shape index (κ2) is 12.8. The number of aryl methyl sites for hydroxylation is 1. The Morgan fingerprint density at radius 2 is 2.00 bits per heavy atom. The smallest absolute Gasteiger partial charge is 0.341 e. The SMILES string of the molecule is C=CCOc1c(Br)cc(/C=C2/SC(=O)N(CC(=O)Nc3sc4c(c3C(=O)OCC)CCCC4)C2=O)cc1OC. The summed E-state index contributed by atoms with van der Waals surface area (Å²) in [5.41, 5.74) is 1.89. The fraction of sp³-hybridized carbons (Fsp3) is 0.333. The van der Waals surface area contributed by atoms with E-state index in [1.807, 2.05) is 0 Å². The molecule has 2 heterocycles. The average molecular weight is 636 g/mol. The van der Waals surface area contributed by atoms with Gasteiger partial charge in [0.15, 0.2) is 11.5 Å². The maximum absolute atomic E-state index is 13.1. The average Bonchev–Trinajstić information content (AvgIpc) is 3.39. The quantitative estimate of drug-likeness (QED) is 0.198. The molecule has 3 amide bonds. The van der Waals surface area contributed by atoms with Crippen molar-refractivity contribution in [2.24, 2.45) is 0 Å². The number of benzene rings is 1. The number of nitrogens with zero attached hydrogens (tertiary/aromatic N) is 1. The van der Waals surface area contributed by atoms with E-state index >= 15 is 0 Å². The Balaban J connectivity index is 1.51. The number of thiophene rings is 1. The lowest BCUT2D eigenvalue weighted by Gasteiger charge is -2.14. The van der Waals surface area contributed by atoms with Gasteiger partial charge in [-0.25, -0.2) is 4.79 Å². The molecule has 39 heavy (non-hydrogen) atoms. The zero-order valence-corrected chi connectivity index (χ0v) is 24.7. The van der Waals surface area contributed by atoms with E-state index in [0.717, 1.165) is 52.8 Å². The van der Waals surface area contributed by atoms with E-state index in [4.69, 9.17) is 14.2 Å². The van der Waals surface area contributed by atoms with Gasteiger partial charge in [0.05, 0.1) is 28.7 Å². The van der Waals surface area contributed by atoms with Gasteiger partial charge >= 0.3 is 5.97 Å². The number of ether oxygens (including phenoxy) is 3. The first kappa shape index (κ1) is 28.9. The monoisotopic (exact) mass is 634 g/mol. The van der Waals surface area contributed by atoms with Crippen LogP contribution < -0.4 is 14.8 Å². The molecule has 0 atom stereocenters. The molecule has 1 aromatic carbocycles. The van der Waals surface area contributed by atoms with Crippen LogP contribution >= 0.6 is 39.0 Å². The largest absolute Gasteiger partial charge is 0.493 e. The molecule has 1 saturated heterocycles. The molecule has 1 aliphatic heterocycles. The molecule has 2 aromatic rings. The van der Waals surface area contributed by atoms with Crippen LogP contribution in [-0.4, -0.2) is 54.8 Å². The summed E-state index contributed by atoms with van der Waals surface area (Å²) < 4.78 is 16.9. The zero-order chi connectivity index (χ0) is 28.1. The Kier molecular flexibility index (Phi) is 9.52.